The zero-order valence-corrected chi connectivity index (χ0v) is 18.5. The molecule has 5 rings (SSSR count). The molecular weight excluding hydrogens is 436 g/mol. The van der Waals surface area contributed by atoms with Crippen molar-refractivity contribution in [1.29, 1.82) is 0 Å². The number of anilines is 2. The lowest BCUT2D eigenvalue weighted by molar-refractivity contribution is -0.111. The number of rotatable bonds is 6. The number of benzene rings is 1. The van der Waals surface area contributed by atoms with Crippen molar-refractivity contribution in [1.82, 2.24) is 24.1 Å². The molecule has 0 bridgehead atoms. The van der Waals surface area contributed by atoms with Crippen molar-refractivity contribution in [3.05, 3.63) is 36.8 Å². The van der Waals surface area contributed by atoms with Gasteiger partial charge in [-0.2, -0.15) is 5.10 Å². The Morgan fingerprint density at radius 1 is 1.22 bits per heavy atom. The molecule has 3 aromatic rings. The Hall–Kier alpha value is -2.50. The Kier molecular flexibility index (Phi) is 5.64. The lowest BCUT2D eigenvalue weighted by Crippen LogP contribution is -2.66. The minimum Gasteiger partial charge on any atom is -0.380 e. The van der Waals surface area contributed by atoms with Crippen LogP contribution >= 0.6 is 11.9 Å². The minimum atomic E-state index is -2.76. The lowest BCUT2D eigenvalue weighted by Gasteiger charge is -2.47. The third-order valence-corrected chi connectivity index (χ3v) is 7.01. The Labute approximate surface area is 188 Å². The average Bonchev–Trinajstić information content (AvgIpc) is 3.17. The highest BCUT2D eigenvalue weighted by Crippen LogP contribution is 2.35. The summed E-state index contributed by atoms with van der Waals surface area (Å²) in [6.07, 6.45) is 4.79. The predicted molar refractivity (Wildman–Crippen MR) is 120 cm³/mol. The molecule has 32 heavy (non-hydrogen) atoms. The fourth-order valence-electron chi connectivity index (χ4n) is 4.16. The van der Waals surface area contributed by atoms with E-state index in [0.29, 0.717) is 11.5 Å². The molecule has 1 aromatic carbocycles. The van der Waals surface area contributed by atoms with E-state index in [0.717, 1.165) is 41.9 Å². The van der Waals surface area contributed by atoms with Crippen molar-refractivity contribution in [2.45, 2.75) is 35.8 Å². The maximum absolute atomic E-state index is 13.0. The number of alkyl halides is 2. The van der Waals surface area contributed by atoms with Crippen molar-refractivity contribution in [3.8, 4) is 0 Å². The molecule has 2 N–H and O–H groups in total. The third kappa shape index (κ3) is 4.24. The van der Waals surface area contributed by atoms with Gasteiger partial charge in [-0.1, -0.05) is 12.1 Å². The number of hydrogen-bond acceptors (Lipinski definition) is 8. The molecule has 8 nitrogen and oxygen atoms in total. The first-order chi connectivity index (χ1) is 15.4. The maximum Gasteiger partial charge on any atom is 0.270 e. The summed E-state index contributed by atoms with van der Waals surface area (Å²) in [7, 11) is 1.91. The molecular formula is C21H25F2N7OS. The lowest BCUT2D eigenvalue weighted by atomic mass is 9.93. The van der Waals surface area contributed by atoms with E-state index in [1.807, 2.05) is 37.6 Å². The first kappa shape index (κ1) is 21.4. The molecule has 2 fully saturated rings. The Balaban J connectivity index is 1.24. The highest BCUT2D eigenvalue weighted by Gasteiger charge is 2.49. The maximum atomic E-state index is 13.0. The van der Waals surface area contributed by atoms with Gasteiger partial charge in [0.1, 0.15) is 0 Å². The molecule has 170 valence electrons. The largest absolute Gasteiger partial charge is 0.380 e. The van der Waals surface area contributed by atoms with E-state index in [1.54, 1.807) is 27.7 Å². The Morgan fingerprint density at radius 3 is 2.69 bits per heavy atom. The molecule has 0 unspecified atom stereocenters. The summed E-state index contributed by atoms with van der Waals surface area (Å²) in [6.45, 7) is 1.67. The van der Waals surface area contributed by atoms with Crippen LogP contribution in [0.1, 0.15) is 12.8 Å². The zero-order valence-electron chi connectivity index (χ0n) is 17.7. The monoisotopic (exact) mass is 461 g/mol. The van der Waals surface area contributed by atoms with Gasteiger partial charge in [0.25, 0.3) is 6.43 Å². The van der Waals surface area contributed by atoms with Crippen molar-refractivity contribution in [3.63, 3.8) is 0 Å². The SMILES string of the molecule is Cn1cc(SN2CCC(Nc3ncc4cccc(N5CC(O)(C(F)F)C5)c4n3)CC2)cn1. The molecule has 0 atom stereocenters. The van der Waals surface area contributed by atoms with Gasteiger partial charge in [0.15, 0.2) is 5.60 Å². The molecule has 0 aliphatic carbocycles. The second-order valence-corrected chi connectivity index (χ2v) is 9.63. The fourth-order valence-corrected chi connectivity index (χ4v) is 5.14. The average molecular weight is 462 g/mol. The van der Waals surface area contributed by atoms with E-state index in [1.165, 1.54) is 0 Å². The standard InChI is InChI=1S/C21H25F2N7OS/c1-28-11-16(10-25-28)32-30-7-5-15(6-8-30)26-20-24-9-14-3-2-4-17(18(14)27-20)29-12-21(31,13-29)19(22)23/h2-4,9-11,15,19,31H,5-8,12-13H2,1H3,(H,24,26,27). The number of nitrogens with one attached hydrogen (secondary N) is 1. The molecule has 2 aliphatic heterocycles. The summed E-state index contributed by atoms with van der Waals surface area (Å²) in [6, 6.07) is 5.86. The summed E-state index contributed by atoms with van der Waals surface area (Å²) < 4.78 is 30.2. The smallest absolute Gasteiger partial charge is 0.270 e. The zero-order chi connectivity index (χ0) is 22.3. The molecule has 0 amide bonds. The van der Waals surface area contributed by atoms with Crippen molar-refractivity contribution < 1.29 is 13.9 Å². The number of aromatic nitrogens is 4. The number of fused-ring (bicyclic) bond motifs is 1. The number of β-amino-alcohol motifs (C(OH)–C–C–N with tert-alkyl or cyclic N) is 1. The first-order valence-electron chi connectivity index (χ1n) is 10.6. The second-order valence-electron chi connectivity index (χ2n) is 8.46. The van der Waals surface area contributed by atoms with Crippen LogP contribution in [-0.2, 0) is 7.05 Å². The molecule has 2 saturated heterocycles. The van der Waals surface area contributed by atoms with E-state index in [2.05, 4.69) is 19.7 Å². The van der Waals surface area contributed by atoms with E-state index in [4.69, 9.17) is 4.98 Å². The predicted octanol–water partition coefficient (Wildman–Crippen LogP) is 2.76. The number of aliphatic hydroxyl groups is 1. The molecule has 2 aliphatic rings. The molecule has 0 saturated carbocycles. The van der Waals surface area contributed by atoms with E-state index in [9.17, 15) is 13.9 Å². The summed E-state index contributed by atoms with van der Waals surface area (Å²) in [5.74, 6) is 0.535. The van der Waals surface area contributed by atoms with Crippen LogP contribution in [0.4, 0.5) is 20.4 Å². The third-order valence-electron chi connectivity index (χ3n) is 5.97. The van der Waals surface area contributed by atoms with E-state index < -0.39 is 12.0 Å². The molecule has 2 aromatic heterocycles. The summed E-state index contributed by atoms with van der Waals surface area (Å²) in [5, 5.41) is 18.4. The van der Waals surface area contributed by atoms with Crippen LogP contribution < -0.4 is 10.2 Å². The van der Waals surface area contributed by atoms with Crippen LogP contribution in [0.5, 0.6) is 0 Å². The van der Waals surface area contributed by atoms with Crippen LogP contribution in [0.15, 0.2) is 41.7 Å². The minimum absolute atomic E-state index is 0.108. The molecule has 4 heterocycles. The topological polar surface area (TPSA) is 82.3 Å². The molecule has 0 spiro atoms. The molecule has 11 heteroatoms. The van der Waals surface area contributed by atoms with Gasteiger partial charge in [0.2, 0.25) is 5.95 Å². The van der Waals surface area contributed by atoms with Gasteiger partial charge in [0, 0.05) is 44.0 Å². The first-order valence-corrected chi connectivity index (χ1v) is 11.4. The number of nitrogens with zero attached hydrogens (tertiary/aromatic N) is 6. The van der Waals surface area contributed by atoms with Gasteiger partial charge in [-0.05, 0) is 30.9 Å². The van der Waals surface area contributed by atoms with Gasteiger partial charge >= 0.3 is 0 Å². The van der Waals surface area contributed by atoms with Crippen molar-refractivity contribution in [2.75, 3.05) is 36.4 Å². The number of aryl methyl sites for hydroxylation is 1. The summed E-state index contributed by atoms with van der Waals surface area (Å²) in [5.41, 5.74) is -0.509. The van der Waals surface area contributed by atoms with Gasteiger partial charge in [0.05, 0.1) is 35.4 Å². The van der Waals surface area contributed by atoms with Crippen LogP contribution in [0, 0.1) is 0 Å². The van der Waals surface area contributed by atoms with Crippen molar-refractivity contribution in [2.24, 2.45) is 7.05 Å². The normalized spacial score (nSPS) is 19.5. The van der Waals surface area contributed by atoms with Crippen LogP contribution in [0.25, 0.3) is 10.9 Å². The summed E-state index contributed by atoms with van der Waals surface area (Å²) >= 11 is 1.72. The van der Waals surface area contributed by atoms with Crippen LogP contribution in [-0.4, -0.2) is 73.4 Å². The quantitative estimate of drug-likeness (QED) is 0.543. The Morgan fingerprint density at radius 2 is 2.00 bits per heavy atom. The number of para-hydroxylation sites is 1. The summed E-state index contributed by atoms with van der Waals surface area (Å²) in [4.78, 5) is 12.0. The molecule has 0 radical (unpaired) electrons. The van der Waals surface area contributed by atoms with Crippen LogP contribution in [0.3, 0.4) is 0 Å². The van der Waals surface area contributed by atoms with Crippen molar-refractivity contribution >= 4 is 34.5 Å². The number of hydrogen-bond donors (Lipinski definition) is 2. The second kappa shape index (κ2) is 8.45. The van der Waals surface area contributed by atoms with E-state index in [-0.39, 0.29) is 19.1 Å². The van der Waals surface area contributed by atoms with Gasteiger partial charge in [-0.15, -0.1) is 0 Å². The van der Waals surface area contributed by atoms with Crippen LogP contribution in [0.2, 0.25) is 0 Å². The Bertz CT molecular complexity index is 1100. The fraction of sp³-hybridized carbons (Fsp3) is 0.476. The number of halogens is 2. The van der Waals surface area contributed by atoms with Gasteiger partial charge in [-0.25, -0.2) is 23.1 Å². The van der Waals surface area contributed by atoms with Gasteiger partial charge < -0.3 is 15.3 Å². The van der Waals surface area contributed by atoms with E-state index >= 15 is 0 Å². The van der Waals surface area contributed by atoms with Gasteiger partial charge in [-0.3, -0.25) is 4.68 Å². The number of piperidine rings is 1. The highest BCUT2D eigenvalue weighted by molar-refractivity contribution is 7.97. The highest BCUT2D eigenvalue weighted by atomic mass is 32.2.